The third kappa shape index (κ3) is 5.68. The molecule has 5 heteroatoms. The largest absolute Gasteiger partial charge is 0.493 e. The number of allylic oxidation sites excluding steroid dienone is 1. The van der Waals surface area contributed by atoms with Crippen molar-refractivity contribution in [2.24, 2.45) is 0 Å². The summed E-state index contributed by atoms with van der Waals surface area (Å²) in [4.78, 5) is 0. The predicted molar refractivity (Wildman–Crippen MR) is 109 cm³/mol. The van der Waals surface area contributed by atoms with Gasteiger partial charge in [-0.3, -0.25) is 0 Å². The lowest BCUT2D eigenvalue weighted by Crippen LogP contribution is -2.02. The number of hydrogen-bond acceptors (Lipinski definition) is 4. The zero-order valence-electron chi connectivity index (χ0n) is 14.4. The zero-order valence-corrected chi connectivity index (χ0v) is 16.5. The number of nitrogens with zero attached hydrogens (tertiary/aromatic N) is 1. The van der Waals surface area contributed by atoms with Gasteiger partial charge in [-0.15, -0.1) is 0 Å². The van der Waals surface area contributed by atoms with Gasteiger partial charge in [-0.05, 0) is 66.3 Å². The Kier molecular flexibility index (Phi) is 7.61. The summed E-state index contributed by atoms with van der Waals surface area (Å²) in [7, 11) is 0. The highest BCUT2D eigenvalue weighted by Gasteiger charge is 2.12. The number of para-hydroxylation sites is 1. The highest BCUT2D eigenvalue weighted by atomic mass is 127. The van der Waals surface area contributed by atoms with Crippen LogP contribution in [0.25, 0.3) is 0 Å². The first kappa shape index (κ1) is 19.1. The standard InChI is InChI=1S/C20H21IN2O2/c1-3-24-18-11-15(12-19(20(18)21)25-4-2)10-16(13-22)14-23-17-8-6-5-7-9-17/h5-9,11-12,14,23H,3-4,10H2,1-2H3. The van der Waals surface area contributed by atoms with E-state index < -0.39 is 0 Å². The molecule has 0 heterocycles. The summed E-state index contributed by atoms with van der Waals surface area (Å²) in [6, 6.07) is 16.0. The molecule has 0 unspecified atom stereocenters. The number of ether oxygens (including phenoxy) is 2. The summed E-state index contributed by atoms with van der Waals surface area (Å²) in [5, 5.41) is 12.6. The molecule has 0 aliphatic rings. The number of hydrogen-bond donors (Lipinski definition) is 1. The molecule has 2 aromatic carbocycles. The molecule has 2 aromatic rings. The Bertz CT molecular complexity index is 740. The van der Waals surface area contributed by atoms with Gasteiger partial charge < -0.3 is 14.8 Å². The van der Waals surface area contributed by atoms with E-state index in [2.05, 4.69) is 34.0 Å². The van der Waals surface area contributed by atoms with Gasteiger partial charge in [0.25, 0.3) is 0 Å². The molecule has 0 atom stereocenters. The van der Waals surface area contributed by atoms with Crippen LogP contribution in [0.15, 0.2) is 54.2 Å². The van der Waals surface area contributed by atoms with Crippen LogP contribution in [0, 0.1) is 14.9 Å². The second-order valence-electron chi connectivity index (χ2n) is 5.24. The zero-order chi connectivity index (χ0) is 18.1. The molecular formula is C20H21IN2O2. The van der Waals surface area contributed by atoms with E-state index >= 15 is 0 Å². The maximum absolute atomic E-state index is 9.44. The van der Waals surface area contributed by atoms with Crippen molar-refractivity contribution in [3.8, 4) is 17.6 Å². The molecule has 0 aromatic heterocycles. The summed E-state index contributed by atoms with van der Waals surface area (Å²) in [6.07, 6.45) is 2.25. The normalized spacial score (nSPS) is 10.9. The average Bonchev–Trinajstić information content (AvgIpc) is 2.63. The Balaban J connectivity index is 2.22. The Labute approximate surface area is 162 Å². The Morgan fingerprint density at radius 2 is 1.72 bits per heavy atom. The quantitative estimate of drug-likeness (QED) is 0.448. The molecule has 0 radical (unpaired) electrons. The average molecular weight is 448 g/mol. The van der Waals surface area contributed by atoms with Crippen molar-refractivity contribution in [2.75, 3.05) is 18.5 Å². The number of anilines is 1. The summed E-state index contributed by atoms with van der Waals surface area (Å²) in [5.41, 5.74) is 2.56. The van der Waals surface area contributed by atoms with E-state index in [0.717, 1.165) is 26.3 Å². The summed E-state index contributed by atoms with van der Waals surface area (Å²) < 4.78 is 12.4. The number of benzene rings is 2. The maximum Gasteiger partial charge on any atom is 0.136 e. The fraction of sp³-hybridized carbons (Fsp3) is 0.250. The van der Waals surface area contributed by atoms with Gasteiger partial charge in [0.15, 0.2) is 0 Å². The molecule has 0 aliphatic carbocycles. The second kappa shape index (κ2) is 9.94. The highest BCUT2D eigenvalue weighted by Crippen LogP contribution is 2.33. The van der Waals surface area contributed by atoms with Crippen molar-refractivity contribution in [1.29, 1.82) is 5.26 Å². The van der Waals surface area contributed by atoms with E-state index in [1.807, 2.05) is 56.3 Å². The third-order valence-corrected chi connectivity index (χ3v) is 4.45. The van der Waals surface area contributed by atoms with E-state index in [-0.39, 0.29) is 0 Å². The topological polar surface area (TPSA) is 54.3 Å². The van der Waals surface area contributed by atoms with Crippen LogP contribution in [0.5, 0.6) is 11.5 Å². The molecule has 0 saturated heterocycles. The van der Waals surface area contributed by atoms with E-state index in [1.165, 1.54) is 0 Å². The first-order chi connectivity index (χ1) is 12.2. The minimum absolute atomic E-state index is 0.507. The molecule has 4 nitrogen and oxygen atoms in total. The fourth-order valence-electron chi connectivity index (χ4n) is 2.30. The molecule has 0 saturated carbocycles. The second-order valence-corrected chi connectivity index (χ2v) is 6.32. The van der Waals surface area contributed by atoms with Gasteiger partial charge >= 0.3 is 0 Å². The van der Waals surface area contributed by atoms with Crippen molar-refractivity contribution in [3.63, 3.8) is 0 Å². The van der Waals surface area contributed by atoms with E-state index in [9.17, 15) is 5.26 Å². The van der Waals surface area contributed by atoms with E-state index in [4.69, 9.17) is 9.47 Å². The van der Waals surface area contributed by atoms with Crippen molar-refractivity contribution in [1.82, 2.24) is 0 Å². The number of halogens is 1. The van der Waals surface area contributed by atoms with Crippen LogP contribution in [0.1, 0.15) is 19.4 Å². The van der Waals surface area contributed by atoms with Crippen LogP contribution >= 0.6 is 22.6 Å². The van der Waals surface area contributed by atoms with Crippen LogP contribution in [-0.4, -0.2) is 13.2 Å². The number of nitrogens with one attached hydrogen (secondary N) is 1. The molecule has 1 N–H and O–H groups in total. The Morgan fingerprint density at radius 3 is 2.24 bits per heavy atom. The van der Waals surface area contributed by atoms with Crippen molar-refractivity contribution < 1.29 is 9.47 Å². The van der Waals surface area contributed by atoms with Crippen LogP contribution in [0.2, 0.25) is 0 Å². The van der Waals surface area contributed by atoms with Gasteiger partial charge in [-0.1, -0.05) is 18.2 Å². The molecule has 0 amide bonds. The SMILES string of the molecule is CCOc1cc(CC(C#N)=CNc2ccccc2)cc(OCC)c1I. The van der Waals surface area contributed by atoms with E-state index in [1.54, 1.807) is 6.20 Å². The molecule has 2 rings (SSSR count). The highest BCUT2D eigenvalue weighted by molar-refractivity contribution is 14.1. The monoisotopic (exact) mass is 448 g/mol. The first-order valence-corrected chi connectivity index (χ1v) is 9.24. The first-order valence-electron chi connectivity index (χ1n) is 8.16. The molecule has 25 heavy (non-hydrogen) atoms. The van der Waals surface area contributed by atoms with Gasteiger partial charge in [-0.2, -0.15) is 5.26 Å². The van der Waals surface area contributed by atoms with Gasteiger partial charge in [0.05, 0.1) is 22.9 Å². The lowest BCUT2D eigenvalue weighted by atomic mass is 10.1. The summed E-state index contributed by atoms with van der Waals surface area (Å²) in [5.74, 6) is 1.58. The molecule has 0 spiro atoms. The molecule has 0 aliphatic heterocycles. The lowest BCUT2D eigenvalue weighted by molar-refractivity contribution is 0.318. The minimum atomic E-state index is 0.507. The lowest BCUT2D eigenvalue weighted by Gasteiger charge is -2.14. The Hall–Kier alpha value is -2.20. The van der Waals surface area contributed by atoms with E-state index in [0.29, 0.717) is 25.2 Å². The van der Waals surface area contributed by atoms with Gasteiger partial charge in [-0.25, -0.2) is 0 Å². The number of nitriles is 1. The van der Waals surface area contributed by atoms with Gasteiger partial charge in [0, 0.05) is 23.9 Å². The van der Waals surface area contributed by atoms with Crippen LogP contribution < -0.4 is 14.8 Å². The predicted octanol–water partition coefficient (Wildman–Crippen LogP) is 5.15. The Morgan fingerprint density at radius 1 is 1.12 bits per heavy atom. The van der Waals surface area contributed by atoms with Crippen molar-refractivity contribution in [2.45, 2.75) is 20.3 Å². The summed E-state index contributed by atoms with van der Waals surface area (Å²) in [6.45, 7) is 5.07. The van der Waals surface area contributed by atoms with Crippen molar-refractivity contribution in [3.05, 3.63) is 63.4 Å². The van der Waals surface area contributed by atoms with Gasteiger partial charge in [0.2, 0.25) is 0 Å². The molecule has 130 valence electrons. The third-order valence-electron chi connectivity index (χ3n) is 3.39. The van der Waals surface area contributed by atoms with Gasteiger partial charge in [0.1, 0.15) is 11.5 Å². The number of rotatable bonds is 8. The summed E-state index contributed by atoms with van der Waals surface area (Å²) >= 11 is 2.23. The smallest absolute Gasteiger partial charge is 0.136 e. The molecular weight excluding hydrogens is 427 g/mol. The maximum atomic E-state index is 9.44. The van der Waals surface area contributed by atoms with Crippen molar-refractivity contribution >= 4 is 28.3 Å². The van der Waals surface area contributed by atoms with Crippen LogP contribution in [0.4, 0.5) is 5.69 Å². The van der Waals surface area contributed by atoms with Crippen LogP contribution in [-0.2, 0) is 6.42 Å². The molecule has 0 bridgehead atoms. The molecule has 0 fully saturated rings. The fourth-order valence-corrected chi connectivity index (χ4v) is 2.92. The minimum Gasteiger partial charge on any atom is -0.493 e. The van der Waals surface area contributed by atoms with Crippen LogP contribution in [0.3, 0.4) is 0 Å².